The lowest BCUT2D eigenvalue weighted by Crippen LogP contribution is -2.09. The van der Waals surface area contributed by atoms with Gasteiger partial charge >= 0.3 is 0 Å². The molecule has 0 aliphatic rings. The molecule has 0 unspecified atom stereocenters. The first-order valence-electron chi connectivity index (χ1n) is 7.55. The van der Waals surface area contributed by atoms with Crippen molar-refractivity contribution in [2.75, 3.05) is 5.32 Å². The minimum atomic E-state index is -0.291. The van der Waals surface area contributed by atoms with Gasteiger partial charge in [-0.15, -0.1) is 34.0 Å². The molecular weight excluding hydrogens is 391 g/mol. The molecule has 5 rings (SSSR count). The summed E-state index contributed by atoms with van der Waals surface area (Å²) < 4.78 is 15.0. The molecule has 0 radical (unpaired) electrons. The summed E-state index contributed by atoms with van der Waals surface area (Å²) >= 11 is 4.25. The average Bonchev–Trinajstić information content (AvgIpc) is 3.36. The van der Waals surface area contributed by atoms with Gasteiger partial charge in [-0.25, -0.2) is 14.4 Å². The Kier molecular flexibility index (Phi) is 3.59. The van der Waals surface area contributed by atoms with Crippen molar-refractivity contribution >= 4 is 60.4 Å². The maximum absolute atomic E-state index is 13.0. The molecule has 0 fully saturated rings. The molecule has 0 saturated heterocycles. The van der Waals surface area contributed by atoms with Crippen molar-refractivity contribution in [1.29, 1.82) is 0 Å². The Morgan fingerprint density at radius 3 is 2.85 bits per heavy atom. The number of imidazole rings is 1. The van der Waals surface area contributed by atoms with Gasteiger partial charge in [0, 0.05) is 22.5 Å². The first-order chi connectivity index (χ1) is 12.7. The minimum absolute atomic E-state index is 0.211. The molecule has 5 aromatic rings. The van der Waals surface area contributed by atoms with Gasteiger partial charge in [0.05, 0.1) is 16.1 Å². The fourth-order valence-corrected chi connectivity index (χ4v) is 5.01. The molecule has 0 atom stereocenters. The van der Waals surface area contributed by atoms with Crippen LogP contribution in [0.4, 0.5) is 9.52 Å². The lowest BCUT2D eigenvalue weighted by molar-refractivity contribution is 0.103. The van der Waals surface area contributed by atoms with Gasteiger partial charge in [-0.2, -0.15) is 0 Å². The van der Waals surface area contributed by atoms with Crippen LogP contribution in [0.5, 0.6) is 0 Å². The second kappa shape index (κ2) is 5.97. The number of thiophene rings is 1. The largest absolute Gasteiger partial charge is 0.297 e. The molecular formula is C17H9FN4OS3. The number of benzene rings is 1. The van der Waals surface area contributed by atoms with Crippen molar-refractivity contribution in [1.82, 2.24) is 14.4 Å². The second-order valence-corrected chi connectivity index (χ2v) is 8.23. The number of hydrogen-bond acceptors (Lipinski definition) is 6. The van der Waals surface area contributed by atoms with Crippen LogP contribution >= 0.6 is 34.0 Å². The molecule has 0 spiro atoms. The van der Waals surface area contributed by atoms with E-state index in [1.165, 1.54) is 34.8 Å². The SMILES string of the molecule is O=C(Nc1nc(-c2ccc(F)cc2)cs1)c1cc2c(nc3sccn32)s1. The summed E-state index contributed by atoms with van der Waals surface area (Å²) in [5.41, 5.74) is 2.44. The normalized spacial score (nSPS) is 11.4. The maximum Gasteiger partial charge on any atom is 0.267 e. The van der Waals surface area contributed by atoms with Gasteiger partial charge in [-0.1, -0.05) is 0 Å². The topological polar surface area (TPSA) is 59.3 Å². The summed E-state index contributed by atoms with van der Waals surface area (Å²) in [6.45, 7) is 0. The number of anilines is 1. The van der Waals surface area contributed by atoms with Gasteiger partial charge in [0.1, 0.15) is 10.6 Å². The molecule has 4 aromatic heterocycles. The molecule has 128 valence electrons. The van der Waals surface area contributed by atoms with Crippen LogP contribution in [0.25, 0.3) is 26.6 Å². The Morgan fingerprint density at radius 1 is 1.15 bits per heavy atom. The smallest absolute Gasteiger partial charge is 0.267 e. The molecule has 1 aromatic carbocycles. The summed E-state index contributed by atoms with van der Waals surface area (Å²) in [7, 11) is 0. The third-order valence-electron chi connectivity index (χ3n) is 3.83. The van der Waals surface area contributed by atoms with Crippen LogP contribution < -0.4 is 5.32 Å². The zero-order valence-electron chi connectivity index (χ0n) is 13.0. The summed E-state index contributed by atoms with van der Waals surface area (Å²) in [6.07, 6.45) is 1.94. The minimum Gasteiger partial charge on any atom is -0.297 e. The van der Waals surface area contributed by atoms with E-state index in [2.05, 4.69) is 15.3 Å². The Bertz CT molecular complexity index is 1250. The van der Waals surface area contributed by atoms with Crippen LogP contribution in [-0.2, 0) is 0 Å². The molecule has 5 nitrogen and oxygen atoms in total. The summed E-state index contributed by atoms with van der Waals surface area (Å²) in [5, 5.41) is 7.12. The van der Waals surface area contributed by atoms with Crippen molar-refractivity contribution in [3.63, 3.8) is 0 Å². The third-order valence-corrected chi connectivity index (χ3v) is 6.36. The lowest BCUT2D eigenvalue weighted by atomic mass is 10.2. The van der Waals surface area contributed by atoms with E-state index in [0.29, 0.717) is 15.7 Å². The first-order valence-corrected chi connectivity index (χ1v) is 10.1. The van der Waals surface area contributed by atoms with Crippen LogP contribution in [-0.4, -0.2) is 20.3 Å². The van der Waals surface area contributed by atoms with Crippen LogP contribution in [0.15, 0.2) is 47.3 Å². The Hall–Kier alpha value is -2.62. The number of fused-ring (bicyclic) bond motifs is 3. The van der Waals surface area contributed by atoms with E-state index < -0.39 is 0 Å². The number of carbonyl (C=O) groups excluding carboxylic acids is 1. The van der Waals surface area contributed by atoms with E-state index in [-0.39, 0.29) is 11.7 Å². The lowest BCUT2D eigenvalue weighted by Gasteiger charge is -1.98. The van der Waals surface area contributed by atoms with Gasteiger partial charge in [0.2, 0.25) is 0 Å². The highest BCUT2D eigenvalue weighted by Gasteiger charge is 2.16. The molecule has 9 heteroatoms. The standard InChI is InChI=1S/C17H9FN4OS3/c18-10-3-1-9(2-4-10)11-8-25-16(19-11)20-14(23)13-7-12-15(26-13)21-17-22(12)5-6-24-17/h1-8H,(H,19,20,23). The monoisotopic (exact) mass is 400 g/mol. The number of nitrogens with one attached hydrogen (secondary N) is 1. The predicted molar refractivity (Wildman–Crippen MR) is 104 cm³/mol. The quantitative estimate of drug-likeness (QED) is 0.457. The van der Waals surface area contributed by atoms with E-state index in [1.54, 1.807) is 23.5 Å². The Balaban J connectivity index is 1.39. The summed E-state index contributed by atoms with van der Waals surface area (Å²) in [4.78, 5) is 23.8. The molecule has 1 N–H and O–H groups in total. The third kappa shape index (κ3) is 2.61. The summed E-state index contributed by atoms with van der Waals surface area (Å²) in [5.74, 6) is -0.503. The number of carbonyl (C=O) groups is 1. The average molecular weight is 400 g/mol. The Morgan fingerprint density at radius 2 is 2.00 bits per heavy atom. The highest BCUT2D eigenvalue weighted by atomic mass is 32.1. The van der Waals surface area contributed by atoms with Gasteiger partial charge in [-0.05, 0) is 30.3 Å². The van der Waals surface area contributed by atoms with E-state index in [0.717, 1.165) is 20.9 Å². The van der Waals surface area contributed by atoms with Gasteiger partial charge in [0.25, 0.3) is 5.91 Å². The highest BCUT2D eigenvalue weighted by molar-refractivity contribution is 7.21. The number of aromatic nitrogens is 3. The van der Waals surface area contributed by atoms with Crippen molar-refractivity contribution in [2.45, 2.75) is 0 Å². The molecule has 0 aliphatic carbocycles. The molecule has 4 heterocycles. The molecule has 0 bridgehead atoms. The van der Waals surface area contributed by atoms with Crippen LogP contribution in [0.2, 0.25) is 0 Å². The van der Waals surface area contributed by atoms with E-state index in [1.807, 2.05) is 27.4 Å². The number of nitrogens with zero attached hydrogens (tertiary/aromatic N) is 3. The van der Waals surface area contributed by atoms with Gasteiger partial charge in [-0.3, -0.25) is 14.5 Å². The van der Waals surface area contributed by atoms with Gasteiger partial charge < -0.3 is 0 Å². The number of rotatable bonds is 3. The zero-order valence-corrected chi connectivity index (χ0v) is 15.4. The molecule has 1 amide bonds. The second-order valence-electron chi connectivity index (χ2n) is 5.47. The first kappa shape index (κ1) is 15.6. The molecule has 0 saturated carbocycles. The van der Waals surface area contributed by atoms with E-state index >= 15 is 0 Å². The number of amides is 1. The summed E-state index contributed by atoms with van der Waals surface area (Å²) in [6, 6.07) is 7.95. The fourth-order valence-electron chi connectivity index (χ4n) is 2.60. The van der Waals surface area contributed by atoms with Crippen molar-refractivity contribution in [3.05, 3.63) is 58.0 Å². The van der Waals surface area contributed by atoms with Crippen molar-refractivity contribution in [3.8, 4) is 11.3 Å². The number of halogens is 1. The predicted octanol–water partition coefficient (Wildman–Crippen LogP) is 5.13. The van der Waals surface area contributed by atoms with E-state index in [9.17, 15) is 9.18 Å². The van der Waals surface area contributed by atoms with Crippen molar-refractivity contribution < 1.29 is 9.18 Å². The maximum atomic E-state index is 13.0. The van der Waals surface area contributed by atoms with Crippen LogP contribution in [0.1, 0.15) is 9.67 Å². The van der Waals surface area contributed by atoms with Gasteiger partial charge in [0.15, 0.2) is 10.1 Å². The van der Waals surface area contributed by atoms with Crippen LogP contribution in [0, 0.1) is 5.82 Å². The number of thiazole rings is 2. The Labute approximate surface area is 158 Å². The van der Waals surface area contributed by atoms with E-state index in [4.69, 9.17) is 0 Å². The van der Waals surface area contributed by atoms with Crippen molar-refractivity contribution in [2.24, 2.45) is 0 Å². The molecule has 26 heavy (non-hydrogen) atoms. The zero-order chi connectivity index (χ0) is 17.7. The highest BCUT2D eigenvalue weighted by Crippen LogP contribution is 2.30. The van der Waals surface area contributed by atoms with Crippen LogP contribution in [0.3, 0.4) is 0 Å². The number of hydrogen-bond donors (Lipinski definition) is 1. The molecule has 0 aliphatic heterocycles. The fraction of sp³-hybridized carbons (Fsp3) is 0.